The van der Waals surface area contributed by atoms with Gasteiger partial charge in [0.25, 0.3) is 0 Å². The van der Waals surface area contributed by atoms with E-state index in [2.05, 4.69) is 0 Å². The first-order valence-corrected chi connectivity index (χ1v) is 8.28. The first kappa shape index (κ1) is 15.8. The highest BCUT2D eigenvalue weighted by Crippen LogP contribution is 2.26. The van der Waals surface area contributed by atoms with Crippen molar-refractivity contribution in [1.29, 1.82) is 0 Å². The number of carbonyl (C=O) groups excluding carboxylic acids is 1. The molecule has 0 bridgehead atoms. The molecule has 6 nitrogen and oxygen atoms in total. The Morgan fingerprint density at radius 2 is 1.86 bits per heavy atom. The molecule has 0 spiro atoms. The van der Waals surface area contributed by atoms with Crippen LogP contribution in [0.25, 0.3) is 0 Å². The van der Waals surface area contributed by atoms with Crippen molar-refractivity contribution in [1.82, 2.24) is 9.21 Å². The number of hydrogen-bond donors (Lipinski definition) is 1. The monoisotopic (exact) mass is 311 g/mol. The summed E-state index contributed by atoms with van der Waals surface area (Å²) in [6, 6.07) is 3.36. The Labute approximate surface area is 125 Å². The number of amides is 1. The van der Waals surface area contributed by atoms with Gasteiger partial charge in [-0.25, -0.2) is 8.42 Å². The first-order chi connectivity index (χ1) is 9.73. The van der Waals surface area contributed by atoms with Gasteiger partial charge in [0, 0.05) is 25.8 Å². The quantitative estimate of drug-likeness (QED) is 0.817. The Hall–Kier alpha value is -1.60. The van der Waals surface area contributed by atoms with Gasteiger partial charge >= 0.3 is 0 Å². The largest absolute Gasteiger partial charge is 0.398 e. The molecular weight excluding hydrogens is 290 g/mol. The maximum atomic E-state index is 12.8. The maximum absolute atomic E-state index is 12.8. The zero-order valence-corrected chi connectivity index (χ0v) is 13.4. The second-order valence-corrected chi connectivity index (χ2v) is 7.39. The second kappa shape index (κ2) is 5.65. The summed E-state index contributed by atoms with van der Waals surface area (Å²) >= 11 is 0. The lowest BCUT2D eigenvalue weighted by Gasteiger charge is -2.21. The molecule has 7 heteroatoms. The average molecular weight is 311 g/mol. The zero-order chi connectivity index (χ0) is 15.8. The van der Waals surface area contributed by atoms with Crippen LogP contribution in [0.1, 0.15) is 17.5 Å². The lowest BCUT2D eigenvalue weighted by atomic mass is 10.1. The Balaban J connectivity index is 2.45. The number of anilines is 1. The standard InChI is InChI=1S/C14H21N3O3S/c1-10-7-12(15)11(2)13(8-10)21(19,20)17-6-4-5-16(3)14(18)9-17/h7-8H,4-6,9,15H2,1-3H3. The van der Waals surface area contributed by atoms with Crippen LogP contribution in [0.5, 0.6) is 0 Å². The number of nitrogens with two attached hydrogens (primary N) is 1. The number of carbonyl (C=O) groups is 1. The summed E-state index contributed by atoms with van der Waals surface area (Å²) in [4.78, 5) is 13.7. The van der Waals surface area contributed by atoms with Gasteiger partial charge < -0.3 is 10.6 Å². The van der Waals surface area contributed by atoms with E-state index in [1.165, 1.54) is 4.31 Å². The number of likely N-dealkylation sites (N-methyl/N-ethyl adjacent to an activating group) is 1. The van der Waals surface area contributed by atoms with Gasteiger partial charge in [-0.2, -0.15) is 4.31 Å². The molecule has 1 saturated heterocycles. The number of nitrogens with zero attached hydrogens (tertiary/aromatic N) is 2. The van der Waals surface area contributed by atoms with Gasteiger partial charge in [-0.3, -0.25) is 4.79 Å². The number of nitrogen functional groups attached to an aromatic ring is 1. The summed E-state index contributed by atoms with van der Waals surface area (Å²) in [7, 11) is -2.02. The third-order valence-corrected chi connectivity index (χ3v) is 5.77. The summed E-state index contributed by atoms with van der Waals surface area (Å²) in [6.45, 7) is 4.28. The molecule has 0 aromatic heterocycles. The molecule has 1 aromatic rings. The number of rotatable bonds is 2. The Morgan fingerprint density at radius 3 is 2.52 bits per heavy atom. The average Bonchev–Trinajstić information content (AvgIpc) is 2.56. The van der Waals surface area contributed by atoms with E-state index >= 15 is 0 Å². The van der Waals surface area contributed by atoms with Crippen molar-refractivity contribution in [3.63, 3.8) is 0 Å². The summed E-state index contributed by atoms with van der Waals surface area (Å²) in [6.07, 6.45) is 0.627. The first-order valence-electron chi connectivity index (χ1n) is 6.84. The highest BCUT2D eigenvalue weighted by molar-refractivity contribution is 7.89. The highest BCUT2D eigenvalue weighted by Gasteiger charge is 2.31. The molecule has 1 fully saturated rings. The van der Waals surface area contributed by atoms with E-state index in [0.717, 1.165) is 5.56 Å². The van der Waals surface area contributed by atoms with Gasteiger partial charge in [0.15, 0.2) is 0 Å². The topological polar surface area (TPSA) is 83.7 Å². The molecule has 2 rings (SSSR count). The van der Waals surface area contributed by atoms with Crippen molar-refractivity contribution in [2.45, 2.75) is 25.2 Å². The van der Waals surface area contributed by atoms with E-state index in [4.69, 9.17) is 5.73 Å². The molecule has 1 aliphatic heterocycles. The minimum Gasteiger partial charge on any atom is -0.398 e. The van der Waals surface area contributed by atoms with Crippen molar-refractivity contribution in [3.8, 4) is 0 Å². The summed E-state index contributed by atoms with van der Waals surface area (Å²) in [5.74, 6) is -0.186. The van der Waals surface area contributed by atoms with Crippen LogP contribution in [0.4, 0.5) is 5.69 Å². The normalized spacial score (nSPS) is 17.9. The van der Waals surface area contributed by atoms with Gasteiger partial charge in [0.2, 0.25) is 15.9 Å². The third-order valence-electron chi connectivity index (χ3n) is 3.80. The van der Waals surface area contributed by atoms with Gasteiger partial charge in [0.1, 0.15) is 0 Å². The van der Waals surface area contributed by atoms with Gasteiger partial charge in [-0.1, -0.05) is 0 Å². The summed E-state index contributed by atoms with van der Waals surface area (Å²) in [5.41, 5.74) is 7.64. The fourth-order valence-electron chi connectivity index (χ4n) is 2.42. The van der Waals surface area contributed by atoms with Crippen LogP contribution < -0.4 is 5.73 Å². The fraction of sp³-hybridized carbons (Fsp3) is 0.500. The molecule has 1 aliphatic rings. The van der Waals surface area contributed by atoms with Crippen LogP contribution in [0, 0.1) is 13.8 Å². The SMILES string of the molecule is Cc1cc(N)c(C)c(S(=O)(=O)N2CCCN(C)C(=O)C2)c1. The molecule has 1 heterocycles. The number of benzene rings is 1. The van der Waals surface area contributed by atoms with Gasteiger partial charge in [-0.15, -0.1) is 0 Å². The highest BCUT2D eigenvalue weighted by atomic mass is 32.2. The smallest absolute Gasteiger partial charge is 0.243 e. The molecule has 1 aromatic carbocycles. The number of aryl methyl sites for hydroxylation is 1. The van der Waals surface area contributed by atoms with Crippen molar-refractivity contribution < 1.29 is 13.2 Å². The Bertz CT molecular complexity index is 670. The predicted octanol–water partition coefficient (Wildman–Crippen LogP) is 0.738. The minimum absolute atomic E-state index is 0.119. The zero-order valence-electron chi connectivity index (χ0n) is 12.6. The summed E-state index contributed by atoms with van der Waals surface area (Å²) < 4.78 is 26.9. The van der Waals surface area contributed by atoms with Crippen molar-refractivity contribution in [2.75, 3.05) is 32.4 Å². The molecule has 0 saturated carbocycles. The molecule has 0 atom stereocenters. The molecule has 116 valence electrons. The molecule has 21 heavy (non-hydrogen) atoms. The van der Waals surface area contributed by atoms with E-state index in [9.17, 15) is 13.2 Å². The lowest BCUT2D eigenvalue weighted by Crippen LogP contribution is -2.38. The number of hydrogen-bond acceptors (Lipinski definition) is 4. The van der Waals surface area contributed by atoms with Gasteiger partial charge in [-0.05, 0) is 43.5 Å². The van der Waals surface area contributed by atoms with E-state index in [1.807, 2.05) is 0 Å². The Kier molecular flexibility index (Phi) is 4.25. The van der Waals surface area contributed by atoms with Gasteiger partial charge in [0.05, 0.1) is 11.4 Å². The minimum atomic E-state index is -3.71. The second-order valence-electron chi connectivity index (χ2n) is 5.48. The third kappa shape index (κ3) is 3.03. The van der Waals surface area contributed by atoms with E-state index in [1.54, 1.807) is 37.9 Å². The van der Waals surface area contributed by atoms with Crippen molar-refractivity contribution >= 4 is 21.6 Å². The van der Waals surface area contributed by atoms with Crippen LogP contribution in [0.15, 0.2) is 17.0 Å². The van der Waals surface area contributed by atoms with E-state index in [-0.39, 0.29) is 17.3 Å². The van der Waals surface area contributed by atoms with Crippen LogP contribution in [0.2, 0.25) is 0 Å². The number of sulfonamides is 1. The molecule has 1 amide bonds. The molecule has 0 radical (unpaired) electrons. The maximum Gasteiger partial charge on any atom is 0.243 e. The predicted molar refractivity (Wildman–Crippen MR) is 81.3 cm³/mol. The van der Waals surface area contributed by atoms with Crippen molar-refractivity contribution in [2.24, 2.45) is 0 Å². The van der Waals surface area contributed by atoms with E-state index in [0.29, 0.717) is 30.8 Å². The Morgan fingerprint density at radius 1 is 1.19 bits per heavy atom. The van der Waals surface area contributed by atoms with Crippen LogP contribution >= 0.6 is 0 Å². The van der Waals surface area contributed by atoms with Crippen LogP contribution in [-0.4, -0.2) is 50.2 Å². The van der Waals surface area contributed by atoms with Crippen molar-refractivity contribution in [3.05, 3.63) is 23.3 Å². The summed E-state index contributed by atoms with van der Waals surface area (Å²) in [5, 5.41) is 0. The van der Waals surface area contributed by atoms with Crippen LogP contribution in [0.3, 0.4) is 0 Å². The molecule has 2 N–H and O–H groups in total. The van der Waals surface area contributed by atoms with E-state index < -0.39 is 10.0 Å². The van der Waals surface area contributed by atoms with Crippen LogP contribution in [-0.2, 0) is 14.8 Å². The fourth-order valence-corrected chi connectivity index (χ4v) is 4.19. The molecule has 0 aliphatic carbocycles. The molecular formula is C14H21N3O3S. The molecule has 0 unspecified atom stereocenters. The lowest BCUT2D eigenvalue weighted by molar-refractivity contribution is -0.129.